The molecule has 1 rings (SSSR count). The molecule has 0 aromatic carbocycles. The van der Waals surface area contributed by atoms with Crippen LogP contribution in [0.3, 0.4) is 0 Å². The number of thioether (sulfide) groups is 1. The van der Waals surface area contributed by atoms with Crippen molar-refractivity contribution in [3.8, 4) is 0 Å². The number of carbonyl (C=O) groups excluding carboxylic acids is 2. The van der Waals surface area contributed by atoms with E-state index in [4.69, 9.17) is 0 Å². The summed E-state index contributed by atoms with van der Waals surface area (Å²) in [7, 11) is 1.37. The van der Waals surface area contributed by atoms with Gasteiger partial charge in [0.05, 0.1) is 18.3 Å². The number of nitrogens with zero attached hydrogens (tertiary/aromatic N) is 1. The first-order valence-electron chi connectivity index (χ1n) is 6.03. The predicted molar refractivity (Wildman–Crippen MR) is 69.0 cm³/mol. The molecule has 1 amide bonds. The summed E-state index contributed by atoms with van der Waals surface area (Å²) in [6, 6.07) is 0. The van der Waals surface area contributed by atoms with Gasteiger partial charge in [-0.2, -0.15) is 0 Å². The second-order valence-corrected chi connectivity index (χ2v) is 5.99. The molecular formula is C12H21NO3S. The number of hydrogen-bond acceptors (Lipinski definition) is 4. The monoisotopic (exact) mass is 259 g/mol. The van der Waals surface area contributed by atoms with Crippen molar-refractivity contribution in [3.63, 3.8) is 0 Å². The second kappa shape index (κ2) is 6.28. The molecule has 1 unspecified atom stereocenters. The molecule has 0 saturated carbocycles. The molecule has 0 bridgehead atoms. The summed E-state index contributed by atoms with van der Waals surface area (Å²) < 4.78 is 4.31. The molecule has 17 heavy (non-hydrogen) atoms. The Morgan fingerprint density at radius 2 is 2.18 bits per heavy atom. The topological polar surface area (TPSA) is 46.6 Å². The third-order valence-electron chi connectivity index (χ3n) is 3.15. The molecule has 1 aliphatic heterocycles. The van der Waals surface area contributed by atoms with E-state index in [1.807, 2.05) is 13.8 Å². The van der Waals surface area contributed by atoms with Crippen LogP contribution in [0, 0.1) is 0 Å². The van der Waals surface area contributed by atoms with Crippen LogP contribution in [0.1, 0.15) is 33.1 Å². The highest BCUT2D eigenvalue weighted by molar-refractivity contribution is 8.01. The summed E-state index contributed by atoms with van der Waals surface area (Å²) in [6.07, 6.45) is 2.31. The van der Waals surface area contributed by atoms with Gasteiger partial charge in [-0.1, -0.05) is 0 Å². The molecule has 1 fully saturated rings. The van der Waals surface area contributed by atoms with Crippen LogP contribution in [-0.4, -0.2) is 47.5 Å². The molecule has 0 aromatic rings. The first-order chi connectivity index (χ1) is 8.03. The summed E-state index contributed by atoms with van der Waals surface area (Å²) in [5.41, 5.74) is 0. The number of amides is 1. The minimum Gasteiger partial charge on any atom is -0.469 e. The highest BCUT2D eigenvalue weighted by Gasteiger charge is 2.39. The van der Waals surface area contributed by atoms with Gasteiger partial charge in [0.25, 0.3) is 0 Å². The molecule has 4 nitrogen and oxygen atoms in total. The minimum atomic E-state index is -0.286. The lowest BCUT2D eigenvalue weighted by molar-refractivity contribution is -0.142. The smallest absolute Gasteiger partial charge is 0.307 e. The van der Waals surface area contributed by atoms with Crippen molar-refractivity contribution in [3.05, 3.63) is 0 Å². The molecule has 1 aliphatic rings. The highest BCUT2D eigenvalue weighted by Crippen LogP contribution is 2.39. The minimum absolute atomic E-state index is 0.159. The van der Waals surface area contributed by atoms with E-state index >= 15 is 0 Å². The fourth-order valence-corrected chi connectivity index (χ4v) is 3.29. The summed E-state index contributed by atoms with van der Waals surface area (Å²) >= 11 is 1.73. The zero-order valence-electron chi connectivity index (χ0n) is 10.8. The van der Waals surface area contributed by atoms with Crippen LogP contribution in [0.25, 0.3) is 0 Å². The summed E-state index contributed by atoms with van der Waals surface area (Å²) in [6.45, 7) is 5.05. The van der Waals surface area contributed by atoms with Crippen LogP contribution < -0.4 is 0 Å². The van der Waals surface area contributed by atoms with Gasteiger partial charge in [0, 0.05) is 13.1 Å². The van der Waals surface area contributed by atoms with Crippen molar-refractivity contribution in [2.75, 3.05) is 26.0 Å². The number of ether oxygens (including phenoxy) is 1. The number of hydrogen-bond donors (Lipinski definition) is 0. The van der Waals surface area contributed by atoms with Crippen molar-refractivity contribution in [1.29, 1.82) is 0 Å². The zero-order valence-corrected chi connectivity index (χ0v) is 11.6. The summed E-state index contributed by atoms with van der Waals surface area (Å²) in [5.74, 6) is 0.948. The van der Waals surface area contributed by atoms with Gasteiger partial charge in [-0.05, 0) is 32.4 Å². The predicted octanol–water partition coefficient (Wildman–Crippen LogP) is 1.68. The molecular weight excluding hydrogens is 238 g/mol. The van der Waals surface area contributed by atoms with E-state index in [1.165, 1.54) is 7.11 Å². The van der Waals surface area contributed by atoms with E-state index < -0.39 is 0 Å². The molecule has 1 atom stereocenters. The van der Waals surface area contributed by atoms with Crippen LogP contribution in [0.2, 0.25) is 0 Å². The third-order valence-corrected chi connectivity index (χ3v) is 4.66. The van der Waals surface area contributed by atoms with Crippen LogP contribution in [0.5, 0.6) is 0 Å². The van der Waals surface area contributed by atoms with Crippen molar-refractivity contribution in [2.24, 2.45) is 0 Å². The number of rotatable bonds is 5. The zero-order chi connectivity index (χ0) is 12.9. The van der Waals surface area contributed by atoms with Gasteiger partial charge in [-0.15, -0.1) is 11.8 Å². The van der Waals surface area contributed by atoms with Crippen molar-refractivity contribution in [2.45, 2.75) is 37.9 Å². The van der Waals surface area contributed by atoms with E-state index in [0.717, 1.165) is 18.6 Å². The van der Waals surface area contributed by atoms with Gasteiger partial charge in [0.15, 0.2) is 0 Å². The fraction of sp³-hybridized carbons (Fsp3) is 0.833. The quantitative estimate of drug-likeness (QED) is 0.705. The summed E-state index contributed by atoms with van der Waals surface area (Å²) in [4.78, 5) is 25.2. The van der Waals surface area contributed by atoms with Crippen LogP contribution >= 0.6 is 11.8 Å². The molecule has 0 aliphatic carbocycles. The lowest BCUT2D eigenvalue weighted by atomic mass is 10.0. The second-order valence-electron chi connectivity index (χ2n) is 4.39. The average molecular weight is 259 g/mol. The van der Waals surface area contributed by atoms with Crippen molar-refractivity contribution >= 4 is 23.6 Å². The van der Waals surface area contributed by atoms with Crippen molar-refractivity contribution < 1.29 is 14.3 Å². The van der Waals surface area contributed by atoms with Crippen molar-refractivity contribution in [1.82, 2.24) is 4.90 Å². The van der Waals surface area contributed by atoms with E-state index in [0.29, 0.717) is 13.1 Å². The van der Waals surface area contributed by atoms with Gasteiger partial charge >= 0.3 is 5.97 Å². The fourth-order valence-electron chi connectivity index (χ4n) is 2.01. The van der Waals surface area contributed by atoms with Crippen LogP contribution in [-0.2, 0) is 14.3 Å². The van der Waals surface area contributed by atoms with E-state index in [1.54, 1.807) is 16.7 Å². The maximum absolute atomic E-state index is 12.4. The molecule has 1 saturated heterocycles. The maximum atomic E-state index is 12.4. The van der Waals surface area contributed by atoms with Gasteiger partial charge < -0.3 is 9.64 Å². The SMILES string of the molecule is CCN(CCC(=O)OC)C(=O)C1(C)CCCS1. The van der Waals surface area contributed by atoms with Crippen LogP contribution in [0.4, 0.5) is 0 Å². The maximum Gasteiger partial charge on any atom is 0.307 e. The molecule has 0 radical (unpaired) electrons. The Morgan fingerprint density at radius 1 is 1.47 bits per heavy atom. The largest absolute Gasteiger partial charge is 0.469 e. The Labute approximate surface area is 107 Å². The Kier molecular flexibility index (Phi) is 5.31. The third kappa shape index (κ3) is 3.63. The Hall–Kier alpha value is -0.710. The number of esters is 1. The Balaban J connectivity index is 2.54. The van der Waals surface area contributed by atoms with Gasteiger partial charge in [0.2, 0.25) is 5.91 Å². The number of carbonyl (C=O) groups is 2. The lowest BCUT2D eigenvalue weighted by Gasteiger charge is -2.30. The average Bonchev–Trinajstić information content (AvgIpc) is 2.77. The van der Waals surface area contributed by atoms with Gasteiger partial charge in [-0.25, -0.2) is 0 Å². The van der Waals surface area contributed by atoms with E-state index in [-0.39, 0.29) is 23.0 Å². The Bertz CT molecular complexity index is 287. The van der Waals surface area contributed by atoms with Crippen LogP contribution in [0.15, 0.2) is 0 Å². The Morgan fingerprint density at radius 3 is 2.65 bits per heavy atom. The number of methoxy groups -OCH3 is 1. The molecule has 98 valence electrons. The summed E-state index contributed by atoms with van der Waals surface area (Å²) in [5, 5.41) is 0. The van der Waals surface area contributed by atoms with Gasteiger partial charge in [-0.3, -0.25) is 9.59 Å². The molecule has 5 heteroatoms. The normalized spacial score (nSPS) is 23.5. The molecule has 1 heterocycles. The van der Waals surface area contributed by atoms with E-state index in [9.17, 15) is 9.59 Å². The standard InChI is InChI=1S/C12H21NO3S/c1-4-13(8-6-10(14)16-3)11(15)12(2)7-5-9-17-12/h4-9H2,1-3H3. The molecule has 0 aromatic heterocycles. The first kappa shape index (κ1) is 14.4. The molecule has 0 N–H and O–H groups in total. The molecule has 0 spiro atoms. The van der Waals surface area contributed by atoms with Gasteiger partial charge in [0.1, 0.15) is 0 Å². The lowest BCUT2D eigenvalue weighted by Crippen LogP contribution is -2.44. The highest BCUT2D eigenvalue weighted by atomic mass is 32.2. The van der Waals surface area contributed by atoms with E-state index in [2.05, 4.69) is 4.74 Å². The first-order valence-corrected chi connectivity index (χ1v) is 7.02.